The number of rotatable bonds is 8. The Bertz CT molecular complexity index is 497. The van der Waals surface area contributed by atoms with Crippen LogP contribution in [0.4, 0.5) is 11.4 Å². The van der Waals surface area contributed by atoms with E-state index >= 15 is 0 Å². The van der Waals surface area contributed by atoms with Crippen molar-refractivity contribution in [3.05, 3.63) is 33.9 Å². The van der Waals surface area contributed by atoms with Crippen molar-refractivity contribution in [2.45, 2.75) is 26.2 Å². The quantitative estimate of drug-likeness (QED) is 0.448. The summed E-state index contributed by atoms with van der Waals surface area (Å²) < 4.78 is 0. The number of anilines is 1. The fourth-order valence-electron chi connectivity index (χ4n) is 2.03. The van der Waals surface area contributed by atoms with Gasteiger partial charge in [0, 0.05) is 19.2 Å². The molecule has 0 saturated heterocycles. The molecular weight excluding hydrogens is 258 g/mol. The first-order chi connectivity index (χ1) is 9.63. The second-order valence-corrected chi connectivity index (χ2v) is 4.49. The number of hydrogen-bond donors (Lipinski definition) is 1. The Morgan fingerprint density at radius 2 is 2.15 bits per heavy atom. The summed E-state index contributed by atoms with van der Waals surface area (Å²) in [6.07, 6.45) is 3.00. The molecule has 0 aliphatic heterocycles. The van der Waals surface area contributed by atoms with Crippen LogP contribution in [0, 0.1) is 21.4 Å². The highest BCUT2D eigenvalue weighted by Gasteiger charge is 2.19. The standard InChI is InChI=1S/C14H19N3O3/c1-2-3-4-7-16(8-9-18)13-6-5-12(11-15)10-14(13)17(19)20/h5-6,10,18H,2-4,7-9H2,1H3. The van der Waals surface area contributed by atoms with E-state index in [2.05, 4.69) is 6.92 Å². The predicted octanol–water partition coefficient (Wildman–Crippen LogP) is 2.46. The molecular formula is C14H19N3O3. The highest BCUT2D eigenvalue weighted by Crippen LogP contribution is 2.29. The molecule has 1 rings (SSSR count). The van der Waals surface area contributed by atoms with E-state index in [0.29, 0.717) is 18.8 Å². The van der Waals surface area contributed by atoms with E-state index in [1.165, 1.54) is 6.07 Å². The molecule has 0 heterocycles. The minimum atomic E-state index is -0.486. The summed E-state index contributed by atoms with van der Waals surface area (Å²) in [7, 11) is 0. The number of benzene rings is 1. The van der Waals surface area contributed by atoms with Gasteiger partial charge in [-0.15, -0.1) is 0 Å². The fourth-order valence-corrected chi connectivity index (χ4v) is 2.03. The normalized spacial score (nSPS) is 10.1. The summed E-state index contributed by atoms with van der Waals surface area (Å²) >= 11 is 0. The molecule has 1 aromatic carbocycles. The molecule has 0 bridgehead atoms. The van der Waals surface area contributed by atoms with Crippen molar-refractivity contribution in [3.63, 3.8) is 0 Å². The van der Waals surface area contributed by atoms with E-state index in [4.69, 9.17) is 10.4 Å². The zero-order valence-electron chi connectivity index (χ0n) is 11.6. The molecule has 1 N–H and O–H groups in total. The first kappa shape index (κ1) is 15.9. The van der Waals surface area contributed by atoms with Gasteiger partial charge in [-0.3, -0.25) is 10.1 Å². The molecule has 0 atom stereocenters. The summed E-state index contributed by atoms with van der Waals surface area (Å²) in [4.78, 5) is 12.5. The van der Waals surface area contributed by atoms with Crippen LogP contribution in [0.5, 0.6) is 0 Å². The van der Waals surface area contributed by atoms with Gasteiger partial charge in [-0.25, -0.2) is 0 Å². The molecule has 0 aliphatic rings. The Kier molecular flexibility index (Phi) is 6.47. The van der Waals surface area contributed by atoms with Crippen molar-refractivity contribution in [1.29, 1.82) is 5.26 Å². The first-order valence-corrected chi connectivity index (χ1v) is 6.68. The van der Waals surface area contributed by atoms with E-state index in [1.54, 1.807) is 17.0 Å². The predicted molar refractivity (Wildman–Crippen MR) is 76.6 cm³/mol. The van der Waals surface area contributed by atoms with Crippen LogP contribution in [0.15, 0.2) is 18.2 Å². The van der Waals surface area contributed by atoms with Gasteiger partial charge in [0.2, 0.25) is 0 Å². The third-order valence-electron chi connectivity index (χ3n) is 3.04. The summed E-state index contributed by atoms with van der Waals surface area (Å²) in [6.45, 7) is 3.02. The Labute approximate surface area is 118 Å². The molecule has 6 heteroatoms. The van der Waals surface area contributed by atoms with Crippen molar-refractivity contribution < 1.29 is 10.0 Å². The van der Waals surface area contributed by atoms with Crippen LogP contribution >= 0.6 is 0 Å². The highest BCUT2D eigenvalue weighted by atomic mass is 16.6. The van der Waals surface area contributed by atoms with Gasteiger partial charge in [0.05, 0.1) is 23.2 Å². The van der Waals surface area contributed by atoms with Gasteiger partial charge < -0.3 is 10.0 Å². The average molecular weight is 277 g/mol. The van der Waals surface area contributed by atoms with Crippen LogP contribution in [0.25, 0.3) is 0 Å². The summed E-state index contributed by atoms with van der Waals surface area (Å²) in [6, 6.07) is 6.32. The van der Waals surface area contributed by atoms with E-state index in [-0.39, 0.29) is 17.9 Å². The van der Waals surface area contributed by atoms with Crippen LogP contribution in [-0.4, -0.2) is 29.7 Å². The van der Waals surface area contributed by atoms with Crippen LogP contribution < -0.4 is 4.90 Å². The number of nitriles is 1. The summed E-state index contributed by atoms with van der Waals surface area (Å²) in [5.41, 5.74) is 0.631. The largest absolute Gasteiger partial charge is 0.395 e. The van der Waals surface area contributed by atoms with Crippen molar-refractivity contribution >= 4 is 11.4 Å². The van der Waals surface area contributed by atoms with Gasteiger partial charge in [-0.1, -0.05) is 19.8 Å². The zero-order chi connectivity index (χ0) is 15.0. The number of aliphatic hydroxyl groups excluding tert-OH is 1. The maximum Gasteiger partial charge on any atom is 0.293 e. The molecule has 0 aliphatic carbocycles. The molecule has 0 spiro atoms. The molecule has 0 fully saturated rings. The number of aliphatic hydroxyl groups is 1. The molecule has 0 unspecified atom stereocenters. The highest BCUT2D eigenvalue weighted by molar-refractivity contribution is 5.65. The Balaban J connectivity index is 3.05. The smallest absolute Gasteiger partial charge is 0.293 e. The SMILES string of the molecule is CCCCCN(CCO)c1ccc(C#N)cc1[N+](=O)[O-]. The van der Waals surface area contributed by atoms with Crippen molar-refractivity contribution in [2.24, 2.45) is 0 Å². The van der Waals surface area contributed by atoms with Gasteiger partial charge in [-0.2, -0.15) is 5.26 Å². The molecule has 1 aromatic rings. The van der Waals surface area contributed by atoms with Crippen molar-refractivity contribution in [1.82, 2.24) is 0 Å². The Hall–Kier alpha value is -2.13. The Morgan fingerprint density at radius 3 is 2.70 bits per heavy atom. The number of nitro benzene ring substituents is 1. The number of nitrogens with zero attached hydrogens (tertiary/aromatic N) is 3. The van der Waals surface area contributed by atoms with Gasteiger partial charge in [0.25, 0.3) is 5.69 Å². The molecule has 0 radical (unpaired) electrons. The van der Waals surface area contributed by atoms with Crippen LogP contribution in [-0.2, 0) is 0 Å². The van der Waals surface area contributed by atoms with Crippen LogP contribution in [0.1, 0.15) is 31.7 Å². The van der Waals surface area contributed by atoms with E-state index in [9.17, 15) is 10.1 Å². The van der Waals surface area contributed by atoms with Gasteiger partial charge in [0.1, 0.15) is 5.69 Å². The van der Waals surface area contributed by atoms with E-state index < -0.39 is 4.92 Å². The maximum absolute atomic E-state index is 11.1. The average Bonchev–Trinajstić information content (AvgIpc) is 2.46. The van der Waals surface area contributed by atoms with Crippen molar-refractivity contribution in [2.75, 3.05) is 24.6 Å². The number of hydrogen-bond acceptors (Lipinski definition) is 5. The monoisotopic (exact) mass is 277 g/mol. The second-order valence-electron chi connectivity index (χ2n) is 4.49. The minimum absolute atomic E-state index is 0.0662. The lowest BCUT2D eigenvalue weighted by molar-refractivity contribution is -0.384. The van der Waals surface area contributed by atoms with Crippen LogP contribution in [0.3, 0.4) is 0 Å². The third kappa shape index (κ3) is 4.21. The van der Waals surface area contributed by atoms with Gasteiger partial charge >= 0.3 is 0 Å². The summed E-state index contributed by atoms with van der Waals surface area (Å²) in [5, 5.41) is 29.1. The zero-order valence-corrected chi connectivity index (χ0v) is 11.6. The third-order valence-corrected chi connectivity index (χ3v) is 3.04. The maximum atomic E-state index is 11.1. The van der Waals surface area contributed by atoms with E-state index in [1.807, 2.05) is 6.07 Å². The lowest BCUT2D eigenvalue weighted by Crippen LogP contribution is -2.28. The minimum Gasteiger partial charge on any atom is -0.395 e. The molecule has 6 nitrogen and oxygen atoms in total. The molecule has 20 heavy (non-hydrogen) atoms. The van der Waals surface area contributed by atoms with Gasteiger partial charge in [0.15, 0.2) is 0 Å². The molecule has 0 saturated carbocycles. The van der Waals surface area contributed by atoms with Crippen molar-refractivity contribution in [3.8, 4) is 6.07 Å². The summed E-state index contributed by atoms with van der Waals surface area (Å²) in [5.74, 6) is 0. The van der Waals surface area contributed by atoms with Crippen LogP contribution in [0.2, 0.25) is 0 Å². The molecule has 0 amide bonds. The lowest BCUT2D eigenvalue weighted by atomic mass is 10.1. The van der Waals surface area contributed by atoms with Gasteiger partial charge in [-0.05, 0) is 18.6 Å². The topological polar surface area (TPSA) is 90.4 Å². The molecule has 0 aromatic heterocycles. The van der Waals surface area contributed by atoms with E-state index in [0.717, 1.165) is 19.3 Å². The fraction of sp³-hybridized carbons (Fsp3) is 0.500. The lowest BCUT2D eigenvalue weighted by Gasteiger charge is -2.23. The molecule has 108 valence electrons. The first-order valence-electron chi connectivity index (χ1n) is 6.68. The number of nitro groups is 1. The number of unbranched alkanes of at least 4 members (excludes halogenated alkanes) is 2. The second kappa shape index (κ2) is 8.12. The Morgan fingerprint density at radius 1 is 1.40 bits per heavy atom.